The van der Waals surface area contributed by atoms with Gasteiger partial charge in [-0.3, -0.25) is 9.89 Å². The summed E-state index contributed by atoms with van der Waals surface area (Å²) in [6.45, 7) is 7.89. The molecular weight excluding hydrogens is 278 g/mol. The maximum absolute atomic E-state index is 5.36. The summed E-state index contributed by atoms with van der Waals surface area (Å²) < 4.78 is 7.51. The quantitative estimate of drug-likeness (QED) is 0.423. The highest BCUT2D eigenvalue weighted by molar-refractivity contribution is 5.79. The Kier molecular flexibility index (Phi) is 7.83. The highest BCUT2D eigenvalue weighted by Crippen LogP contribution is 1.99. The van der Waals surface area contributed by atoms with Crippen LogP contribution in [0.3, 0.4) is 0 Å². The van der Waals surface area contributed by atoms with E-state index in [1.165, 1.54) is 13.0 Å². The van der Waals surface area contributed by atoms with E-state index in [4.69, 9.17) is 4.74 Å². The van der Waals surface area contributed by atoms with Gasteiger partial charge in [-0.2, -0.15) is 0 Å². The summed E-state index contributed by atoms with van der Waals surface area (Å²) in [5, 5.41) is 6.71. The molecule has 0 amide bonds. The number of morpholine rings is 1. The normalized spacial score (nSPS) is 16.7. The molecule has 6 heteroatoms. The summed E-state index contributed by atoms with van der Waals surface area (Å²) in [4.78, 5) is 6.73. The van der Waals surface area contributed by atoms with Crippen LogP contribution >= 0.6 is 0 Å². The van der Waals surface area contributed by atoms with E-state index in [9.17, 15) is 0 Å². The van der Waals surface area contributed by atoms with Crippen molar-refractivity contribution in [2.45, 2.75) is 19.4 Å². The predicted molar refractivity (Wildman–Crippen MR) is 90.3 cm³/mol. The van der Waals surface area contributed by atoms with E-state index in [-0.39, 0.29) is 0 Å². The Bertz CT molecular complexity index is 412. The predicted octanol–water partition coefficient (Wildman–Crippen LogP) is 0.766. The van der Waals surface area contributed by atoms with Crippen LogP contribution in [0.2, 0.25) is 0 Å². The first-order valence-electron chi connectivity index (χ1n) is 8.24. The van der Waals surface area contributed by atoms with Crippen LogP contribution in [0, 0.1) is 0 Å². The third kappa shape index (κ3) is 6.49. The van der Waals surface area contributed by atoms with Crippen molar-refractivity contribution in [1.82, 2.24) is 20.1 Å². The van der Waals surface area contributed by atoms with Crippen molar-refractivity contribution in [2.75, 3.05) is 53.0 Å². The molecule has 1 aromatic heterocycles. The van der Waals surface area contributed by atoms with Gasteiger partial charge in [0.15, 0.2) is 5.96 Å². The Balaban J connectivity index is 1.48. The van der Waals surface area contributed by atoms with Crippen LogP contribution in [-0.2, 0) is 11.3 Å². The number of nitrogens with zero attached hydrogens (tertiary/aromatic N) is 3. The van der Waals surface area contributed by atoms with Gasteiger partial charge in [0, 0.05) is 52.2 Å². The molecule has 2 N–H and O–H groups in total. The molecule has 0 atom stereocenters. The van der Waals surface area contributed by atoms with Gasteiger partial charge in [-0.1, -0.05) is 0 Å². The number of nitrogens with one attached hydrogen (secondary N) is 2. The largest absolute Gasteiger partial charge is 0.379 e. The first kappa shape index (κ1) is 16.8. The molecule has 1 aromatic rings. The van der Waals surface area contributed by atoms with Gasteiger partial charge in [0.25, 0.3) is 0 Å². The number of aromatic nitrogens is 1. The lowest BCUT2D eigenvalue weighted by Gasteiger charge is -2.26. The van der Waals surface area contributed by atoms with E-state index >= 15 is 0 Å². The van der Waals surface area contributed by atoms with Crippen molar-refractivity contribution in [1.29, 1.82) is 0 Å². The fourth-order valence-electron chi connectivity index (χ4n) is 2.54. The highest BCUT2D eigenvalue weighted by Gasteiger charge is 2.08. The molecule has 0 aromatic carbocycles. The Morgan fingerprint density at radius 2 is 1.77 bits per heavy atom. The molecule has 22 heavy (non-hydrogen) atoms. The number of guanidine groups is 1. The van der Waals surface area contributed by atoms with Crippen LogP contribution in [0.1, 0.15) is 12.8 Å². The second kappa shape index (κ2) is 10.2. The zero-order valence-electron chi connectivity index (χ0n) is 13.6. The van der Waals surface area contributed by atoms with Crippen LogP contribution < -0.4 is 10.6 Å². The molecule has 2 rings (SSSR count). The number of hydrogen-bond acceptors (Lipinski definition) is 3. The zero-order valence-corrected chi connectivity index (χ0v) is 13.6. The van der Waals surface area contributed by atoms with Gasteiger partial charge < -0.3 is 19.9 Å². The number of unbranched alkanes of at least 4 members (excludes halogenated alkanes) is 1. The number of rotatable bonds is 8. The Morgan fingerprint density at radius 3 is 2.50 bits per heavy atom. The number of ether oxygens (including phenoxy) is 1. The summed E-state index contributed by atoms with van der Waals surface area (Å²) in [5.41, 5.74) is 0. The minimum atomic E-state index is 0.877. The SMILES string of the molecule is CN=C(NCCCCN1CCOCC1)NCCn1cccc1. The smallest absolute Gasteiger partial charge is 0.191 e. The molecule has 0 spiro atoms. The summed E-state index contributed by atoms with van der Waals surface area (Å²) >= 11 is 0. The molecule has 2 heterocycles. The molecule has 124 valence electrons. The second-order valence-electron chi connectivity index (χ2n) is 5.51. The Hall–Kier alpha value is -1.53. The lowest BCUT2D eigenvalue weighted by molar-refractivity contribution is 0.0372. The average Bonchev–Trinajstić information content (AvgIpc) is 3.07. The molecular formula is C16H29N5O. The topological polar surface area (TPSA) is 53.8 Å². The summed E-state index contributed by atoms with van der Waals surface area (Å²) in [5.74, 6) is 0.888. The minimum absolute atomic E-state index is 0.877. The number of hydrogen-bond donors (Lipinski definition) is 2. The first-order valence-corrected chi connectivity index (χ1v) is 8.24. The maximum atomic E-state index is 5.36. The fraction of sp³-hybridized carbons (Fsp3) is 0.688. The Morgan fingerprint density at radius 1 is 1.05 bits per heavy atom. The minimum Gasteiger partial charge on any atom is -0.379 e. The lowest BCUT2D eigenvalue weighted by Crippen LogP contribution is -2.40. The highest BCUT2D eigenvalue weighted by atomic mass is 16.5. The summed E-state index contributed by atoms with van der Waals surface area (Å²) in [6, 6.07) is 4.09. The van der Waals surface area contributed by atoms with Gasteiger partial charge >= 0.3 is 0 Å². The average molecular weight is 307 g/mol. The van der Waals surface area contributed by atoms with Crippen molar-refractivity contribution in [3.8, 4) is 0 Å². The lowest BCUT2D eigenvalue weighted by atomic mass is 10.3. The van der Waals surface area contributed by atoms with Crippen molar-refractivity contribution >= 4 is 5.96 Å². The molecule has 0 aliphatic carbocycles. The second-order valence-corrected chi connectivity index (χ2v) is 5.51. The van der Waals surface area contributed by atoms with E-state index in [2.05, 4.69) is 37.5 Å². The van der Waals surface area contributed by atoms with Crippen molar-refractivity contribution in [2.24, 2.45) is 4.99 Å². The third-order valence-corrected chi connectivity index (χ3v) is 3.85. The van der Waals surface area contributed by atoms with Gasteiger partial charge in [0.05, 0.1) is 13.2 Å². The Labute approximate surface area is 133 Å². The van der Waals surface area contributed by atoms with Gasteiger partial charge in [0.2, 0.25) is 0 Å². The van der Waals surface area contributed by atoms with E-state index in [0.717, 1.165) is 58.3 Å². The first-order chi connectivity index (χ1) is 10.9. The molecule has 1 fully saturated rings. The molecule has 0 radical (unpaired) electrons. The maximum Gasteiger partial charge on any atom is 0.191 e. The van der Waals surface area contributed by atoms with Crippen LogP contribution in [0.15, 0.2) is 29.5 Å². The molecule has 0 saturated carbocycles. The van der Waals surface area contributed by atoms with Crippen LogP contribution in [0.4, 0.5) is 0 Å². The molecule has 0 unspecified atom stereocenters. The van der Waals surface area contributed by atoms with Gasteiger partial charge in [-0.15, -0.1) is 0 Å². The van der Waals surface area contributed by atoms with E-state index < -0.39 is 0 Å². The molecule has 1 saturated heterocycles. The van der Waals surface area contributed by atoms with Gasteiger partial charge in [-0.05, 0) is 31.5 Å². The van der Waals surface area contributed by atoms with E-state index in [0.29, 0.717) is 0 Å². The fourth-order valence-corrected chi connectivity index (χ4v) is 2.54. The summed E-state index contributed by atoms with van der Waals surface area (Å²) in [7, 11) is 1.82. The van der Waals surface area contributed by atoms with E-state index in [1.54, 1.807) is 0 Å². The molecule has 1 aliphatic rings. The van der Waals surface area contributed by atoms with E-state index in [1.807, 2.05) is 19.2 Å². The van der Waals surface area contributed by atoms with Gasteiger partial charge in [0.1, 0.15) is 0 Å². The van der Waals surface area contributed by atoms with Crippen molar-refractivity contribution in [3.63, 3.8) is 0 Å². The van der Waals surface area contributed by atoms with Crippen molar-refractivity contribution < 1.29 is 4.74 Å². The summed E-state index contributed by atoms with van der Waals surface area (Å²) in [6.07, 6.45) is 6.52. The van der Waals surface area contributed by atoms with Crippen molar-refractivity contribution in [3.05, 3.63) is 24.5 Å². The van der Waals surface area contributed by atoms with Crippen LogP contribution in [-0.4, -0.2) is 68.4 Å². The van der Waals surface area contributed by atoms with Crippen LogP contribution in [0.25, 0.3) is 0 Å². The van der Waals surface area contributed by atoms with Gasteiger partial charge in [-0.25, -0.2) is 0 Å². The molecule has 1 aliphatic heterocycles. The molecule has 6 nitrogen and oxygen atoms in total. The molecule has 0 bridgehead atoms. The standard InChI is InChI=1S/C16H29N5O/c1-17-16(19-7-11-20-9-4-5-10-20)18-6-2-3-8-21-12-14-22-15-13-21/h4-5,9-10H,2-3,6-8,11-15H2,1H3,(H2,17,18,19). The monoisotopic (exact) mass is 307 g/mol. The number of aliphatic imine (C=N–C) groups is 1. The van der Waals surface area contributed by atoms with Crippen LogP contribution in [0.5, 0.6) is 0 Å². The zero-order chi connectivity index (χ0) is 15.5. The third-order valence-electron chi connectivity index (χ3n) is 3.85.